The molecule has 0 radical (unpaired) electrons. The van der Waals surface area contributed by atoms with Gasteiger partial charge in [-0.15, -0.1) is 0 Å². The van der Waals surface area contributed by atoms with E-state index in [4.69, 9.17) is 14.3 Å². The van der Waals surface area contributed by atoms with Crippen LogP contribution in [0.2, 0.25) is 0 Å². The Bertz CT molecular complexity index is 384. The molecule has 0 fully saturated rings. The van der Waals surface area contributed by atoms with Crippen LogP contribution < -0.4 is 5.32 Å². The van der Waals surface area contributed by atoms with E-state index in [1.54, 1.807) is 13.2 Å². The van der Waals surface area contributed by atoms with Gasteiger partial charge in [-0.2, -0.15) is 0 Å². The number of methoxy groups -OCH3 is 1. The number of carbonyl (C=O) groups is 1. The molecule has 5 nitrogen and oxygen atoms in total. The Kier molecular flexibility index (Phi) is 5.37. The molecule has 1 heterocycles. The molecule has 1 aromatic rings. The number of rotatable bonds is 8. The average Bonchev–Trinajstić information content (AvgIpc) is 2.74. The normalized spacial score (nSPS) is 11.7. The first-order chi connectivity index (χ1) is 8.46. The Morgan fingerprint density at radius 3 is 2.89 bits per heavy atom. The van der Waals surface area contributed by atoms with Crippen molar-refractivity contribution in [2.75, 3.05) is 20.3 Å². The molecular formula is C13H21NO4. The van der Waals surface area contributed by atoms with E-state index in [-0.39, 0.29) is 11.2 Å². The number of hydrogen-bond acceptors (Lipinski definition) is 4. The summed E-state index contributed by atoms with van der Waals surface area (Å²) in [7, 11) is 1.69. The maximum absolute atomic E-state index is 10.8. The highest BCUT2D eigenvalue weighted by molar-refractivity contribution is 5.86. The van der Waals surface area contributed by atoms with Crippen molar-refractivity contribution < 1.29 is 19.1 Å². The van der Waals surface area contributed by atoms with Gasteiger partial charge in [-0.05, 0) is 17.9 Å². The molecule has 0 atom stereocenters. The van der Waals surface area contributed by atoms with Gasteiger partial charge >= 0.3 is 5.97 Å². The minimum absolute atomic E-state index is 0.0113. The van der Waals surface area contributed by atoms with E-state index in [1.807, 2.05) is 0 Å². The second kappa shape index (κ2) is 6.56. The highest BCUT2D eigenvalue weighted by Crippen LogP contribution is 2.19. The maximum Gasteiger partial charge on any atom is 0.372 e. The van der Waals surface area contributed by atoms with Crippen molar-refractivity contribution in [1.29, 1.82) is 0 Å². The third kappa shape index (κ3) is 4.50. The first kappa shape index (κ1) is 14.7. The van der Waals surface area contributed by atoms with Crippen molar-refractivity contribution >= 4 is 5.97 Å². The first-order valence-corrected chi connectivity index (χ1v) is 5.95. The summed E-state index contributed by atoms with van der Waals surface area (Å²) in [6, 6.07) is 1.68. The molecular weight excluding hydrogens is 234 g/mol. The molecule has 0 saturated carbocycles. The van der Waals surface area contributed by atoms with Crippen LogP contribution in [0, 0.1) is 5.41 Å². The molecule has 0 unspecified atom stereocenters. The zero-order valence-corrected chi connectivity index (χ0v) is 11.2. The summed E-state index contributed by atoms with van der Waals surface area (Å²) < 4.78 is 9.97. The van der Waals surface area contributed by atoms with Crippen LogP contribution in [-0.4, -0.2) is 31.3 Å². The van der Waals surface area contributed by atoms with Crippen LogP contribution in [0.15, 0.2) is 16.7 Å². The van der Waals surface area contributed by atoms with Gasteiger partial charge < -0.3 is 19.6 Å². The van der Waals surface area contributed by atoms with E-state index in [0.717, 1.165) is 19.6 Å². The van der Waals surface area contributed by atoms with E-state index in [1.165, 1.54) is 6.26 Å². The standard InChI is InChI=1S/C13H21NO4/c1-13(2,5-7-17-3)9-14-8-10-4-6-18-11(10)12(15)16/h4,6,14H,5,7-9H2,1-3H3,(H,15,16). The topological polar surface area (TPSA) is 71.7 Å². The summed E-state index contributed by atoms with van der Waals surface area (Å²) in [6.07, 6.45) is 2.35. The summed E-state index contributed by atoms with van der Waals surface area (Å²) >= 11 is 0. The van der Waals surface area contributed by atoms with Crippen molar-refractivity contribution in [1.82, 2.24) is 5.32 Å². The molecule has 0 amide bonds. The lowest BCUT2D eigenvalue weighted by atomic mass is 9.89. The number of hydrogen-bond donors (Lipinski definition) is 2. The lowest BCUT2D eigenvalue weighted by Crippen LogP contribution is -2.30. The third-order valence-corrected chi connectivity index (χ3v) is 2.84. The van der Waals surface area contributed by atoms with Crippen LogP contribution in [0.3, 0.4) is 0 Å². The number of furan rings is 1. The smallest absolute Gasteiger partial charge is 0.372 e. The second-order valence-electron chi connectivity index (χ2n) is 5.09. The minimum atomic E-state index is -1.03. The number of aromatic carboxylic acids is 1. The predicted octanol–water partition coefficient (Wildman–Crippen LogP) is 2.13. The highest BCUT2D eigenvalue weighted by atomic mass is 16.5. The zero-order chi connectivity index (χ0) is 13.6. The molecule has 1 aromatic heterocycles. The van der Waals surface area contributed by atoms with Gasteiger partial charge in [-0.25, -0.2) is 4.79 Å². The van der Waals surface area contributed by atoms with Gasteiger partial charge in [0.1, 0.15) is 0 Å². The number of carboxylic acids is 1. The van der Waals surface area contributed by atoms with E-state index >= 15 is 0 Å². The maximum atomic E-state index is 10.8. The molecule has 0 aliphatic carbocycles. The molecule has 0 saturated heterocycles. The SMILES string of the molecule is COCCC(C)(C)CNCc1ccoc1C(=O)O. The average molecular weight is 255 g/mol. The van der Waals surface area contributed by atoms with Crippen LogP contribution in [0.4, 0.5) is 0 Å². The van der Waals surface area contributed by atoms with Crippen LogP contribution in [0.25, 0.3) is 0 Å². The van der Waals surface area contributed by atoms with Gasteiger partial charge in [0.25, 0.3) is 0 Å². The van der Waals surface area contributed by atoms with E-state index < -0.39 is 5.97 Å². The van der Waals surface area contributed by atoms with E-state index in [9.17, 15) is 4.79 Å². The fraction of sp³-hybridized carbons (Fsp3) is 0.615. The monoisotopic (exact) mass is 255 g/mol. The minimum Gasteiger partial charge on any atom is -0.475 e. The Morgan fingerprint density at radius 2 is 2.28 bits per heavy atom. The van der Waals surface area contributed by atoms with Gasteiger partial charge in [0, 0.05) is 32.4 Å². The van der Waals surface area contributed by atoms with Crippen LogP contribution >= 0.6 is 0 Å². The molecule has 2 N–H and O–H groups in total. The quantitative estimate of drug-likeness (QED) is 0.744. The van der Waals surface area contributed by atoms with E-state index in [0.29, 0.717) is 12.1 Å². The lowest BCUT2D eigenvalue weighted by molar-refractivity contribution is 0.0660. The van der Waals surface area contributed by atoms with Gasteiger partial charge in [-0.3, -0.25) is 0 Å². The molecule has 18 heavy (non-hydrogen) atoms. The summed E-state index contributed by atoms with van der Waals surface area (Å²) in [5, 5.41) is 12.1. The second-order valence-corrected chi connectivity index (χ2v) is 5.09. The van der Waals surface area contributed by atoms with Gasteiger partial charge in [-0.1, -0.05) is 13.8 Å². The van der Waals surface area contributed by atoms with Crippen molar-refractivity contribution in [2.45, 2.75) is 26.8 Å². The van der Waals surface area contributed by atoms with Crippen LogP contribution in [0.1, 0.15) is 36.4 Å². The first-order valence-electron chi connectivity index (χ1n) is 5.95. The van der Waals surface area contributed by atoms with E-state index in [2.05, 4.69) is 19.2 Å². The van der Waals surface area contributed by atoms with Crippen molar-refractivity contribution in [3.05, 3.63) is 23.7 Å². The van der Waals surface area contributed by atoms with Crippen LogP contribution in [0.5, 0.6) is 0 Å². The highest BCUT2D eigenvalue weighted by Gasteiger charge is 2.18. The zero-order valence-electron chi connectivity index (χ0n) is 11.2. The molecule has 0 spiro atoms. The fourth-order valence-electron chi connectivity index (χ4n) is 1.66. The van der Waals surface area contributed by atoms with Gasteiger partial charge in [0.15, 0.2) is 0 Å². The van der Waals surface area contributed by atoms with Crippen LogP contribution in [-0.2, 0) is 11.3 Å². The van der Waals surface area contributed by atoms with Gasteiger partial charge in [0.05, 0.1) is 6.26 Å². The molecule has 0 aliphatic rings. The number of ether oxygens (including phenoxy) is 1. The Hall–Kier alpha value is -1.33. The third-order valence-electron chi connectivity index (χ3n) is 2.84. The van der Waals surface area contributed by atoms with Crippen molar-refractivity contribution in [3.63, 3.8) is 0 Å². The predicted molar refractivity (Wildman–Crippen MR) is 67.6 cm³/mol. The molecule has 1 rings (SSSR count). The molecule has 5 heteroatoms. The van der Waals surface area contributed by atoms with Gasteiger partial charge in [0.2, 0.25) is 5.76 Å². The Morgan fingerprint density at radius 1 is 1.56 bits per heavy atom. The molecule has 0 aromatic carbocycles. The number of carboxylic acid groups (broad SMARTS) is 1. The Balaban J connectivity index is 2.41. The summed E-state index contributed by atoms with van der Waals surface area (Å²) in [6.45, 7) is 6.30. The Labute approximate surface area is 107 Å². The molecule has 0 bridgehead atoms. The molecule has 0 aliphatic heterocycles. The largest absolute Gasteiger partial charge is 0.475 e. The summed E-state index contributed by atoms with van der Waals surface area (Å²) in [4.78, 5) is 10.8. The summed E-state index contributed by atoms with van der Waals surface area (Å²) in [5.41, 5.74) is 0.786. The lowest BCUT2D eigenvalue weighted by Gasteiger charge is -2.24. The molecule has 102 valence electrons. The summed E-state index contributed by atoms with van der Waals surface area (Å²) in [5.74, 6) is -1.02. The van der Waals surface area contributed by atoms with Crippen molar-refractivity contribution in [2.24, 2.45) is 5.41 Å². The fourth-order valence-corrected chi connectivity index (χ4v) is 1.66. The number of nitrogens with one attached hydrogen (secondary N) is 1. The van der Waals surface area contributed by atoms with Crippen molar-refractivity contribution in [3.8, 4) is 0 Å².